The molecule has 0 aliphatic heterocycles. The van der Waals surface area contributed by atoms with Crippen LogP contribution in [0.5, 0.6) is 0 Å². The van der Waals surface area contributed by atoms with E-state index in [1.54, 1.807) is 30.3 Å². The molecule has 0 bridgehead atoms. The van der Waals surface area contributed by atoms with E-state index in [1.807, 2.05) is 69.3 Å². The molecule has 0 unspecified atom stereocenters. The van der Waals surface area contributed by atoms with Gasteiger partial charge in [0.1, 0.15) is 0 Å². The van der Waals surface area contributed by atoms with Gasteiger partial charge < -0.3 is 5.32 Å². The number of hydrogen-bond donors (Lipinski definition) is 2. The number of rotatable bonds is 10. The summed E-state index contributed by atoms with van der Waals surface area (Å²) in [6.45, 7) is 5.87. The maximum Gasteiger partial charge on any atom is 0.239 e. The van der Waals surface area contributed by atoms with Crippen molar-refractivity contribution in [2.75, 3.05) is 0 Å². The van der Waals surface area contributed by atoms with Crippen molar-refractivity contribution in [3.63, 3.8) is 0 Å². The Morgan fingerprint density at radius 2 is 1.51 bits per heavy atom. The van der Waals surface area contributed by atoms with Crippen LogP contribution < -0.4 is 10.0 Å². The zero-order valence-corrected chi connectivity index (χ0v) is 22.9. The second-order valence-electron chi connectivity index (χ2n) is 10.4. The average Bonchev–Trinajstić information content (AvgIpc) is 2.78. The Morgan fingerprint density at radius 1 is 0.838 bits per heavy atom. The molecule has 37 heavy (non-hydrogen) atoms. The number of nitrogens with one attached hydrogen (secondary N) is 2. The number of sulfonamides is 1. The third-order valence-corrected chi connectivity index (χ3v) is 7.04. The van der Waals surface area contributed by atoms with E-state index in [2.05, 4.69) is 10.0 Å². The van der Waals surface area contributed by atoms with E-state index in [4.69, 9.17) is 11.6 Å². The Hall–Kier alpha value is -3.16. The molecule has 2 N–H and O–H groups in total. The van der Waals surface area contributed by atoms with Gasteiger partial charge in [0.15, 0.2) is 0 Å². The van der Waals surface area contributed by atoms with Gasteiger partial charge in [-0.15, -0.1) is 0 Å². The molecule has 0 heterocycles. The first-order chi connectivity index (χ1) is 17.4. The number of halogens is 1. The molecular formula is C29H33ClN2O4S. The minimum Gasteiger partial charge on any atom is -0.353 e. The van der Waals surface area contributed by atoms with Crippen LogP contribution in [0, 0.1) is 5.41 Å². The topological polar surface area (TPSA) is 92.3 Å². The molecule has 0 saturated carbocycles. The predicted molar refractivity (Wildman–Crippen MR) is 148 cm³/mol. The molecule has 3 rings (SSSR count). The fraction of sp³-hybridized carbons (Fsp3) is 0.310. The van der Waals surface area contributed by atoms with Gasteiger partial charge in [-0.2, -0.15) is 0 Å². The van der Waals surface area contributed by atoms with Crippen LogP contribution >= 0.6 is 11.6 Å². The summed E-state index contributed by atoms with van der Waals surface area (Å²) in [7, 11) is -3.87. The molecule has 2 amide bonds. The van der Waals surface area contributed by atoms with Crippen molar-refractivity contribution in [1.29, 1.82) is 0 Å². The standard InChI is InChI=1S/C29H33ClN2O4S/c1-29(2,3)19-28(34)31-26(18-27(33)32-37(35,36)20-22-8-5-4-6-9-22)16-21-12-14-23(15-13-21)24-10-7-11-25(30)17-24/h4-15,17,26H,16,18-20H2,1-3H3,(H,31,34)(H,32,33)/t26-/m1/s1. The number of hydrogen-bond acceptors (Lipinski definition) is 4. The zero-order valence-electron chi connectivity index (χ0n) is 21.3. The van der Waals surface area contributed by atoms with E-state index < -0.39 is 22.0 Å². The van der Waals surface area contributed by atoms with Gasteiger partial charge in [0.05, 0.1) is 5.75 Å². The number of benzene rings is 3. The van der Waals surface area contributed by atoms with Crippen LogP contribution in [0.1, 0.15) is 44.7 Å². The lowest BCUT2D eigenvalue weighted by molar-refractivity contribution is -0.124. The Balaban J connectivity index is 1.71. The van der Waals surface area contributed by atoms with E-state index in [9.17, 15) is 18.0 Å². The quantitative estimate of drug-likeness (QED) is 0.355. The van der Waals surface area contributed by atoms with Gasteiger partial charge in [-0.05, 0) is 46.2 Å². The third kappa shape index (κ3) is 10.0. The van der Waals surface area contributed by atoms with E-state index in [0.29, 0.717) is 17.0 Å². The van der Waals surface area contributed by atoms with Crippen LogP contribution in [0.25, 0.3) is 11.1 Å². The molecule has 0 saturated heterocycles. The highest BCUT2D eigenvalue weighted by molar-refractivity contribution is 7.89. The van der Waals surface area contributed by atoms with Crippen molar-refractivity contribution in [1.82, 2.24) is 10.0 Å². The van der Waals surface area contributed by atoms with E-state index in [1.165, 1.54) is 0 Å². The summed E-state index contributed by atoms with van der Waals surface area (Å²) in [5, 5.41) is 3.58. The minimum absolute atomic E-state index is 0.167. The summed E-state index contributed by atoms with van der Waals surface area (Å²) < 4.78 is 27.2. The molecule has 0 aromatic heterocycles. The minimum atomic E-state index is -3.87. The molecule has 0 spiro atoms. The Bertz CT molecular complexity index is 1320. The van der Waals surface area contributed by atoms with E-state index in [-0.39, 0.29) is 29.9 Å². The first-order valence-corrected chi connectivity index (χ1v) is 14.1. The molecule has 3 aromatic rings. The highest BCUT2D eigenvalue weighted by Gasteiger charge is 2.23. The largest absolute Gasteiger partial charge is 0.353 e. The van der Waals surface area contributed by atoms with Crippen LogP contribution in [0.2, 0.25) is 5.02 Å². The van der Waals surface area contributed by atoms with Crippen molar-refractivity contribution >= 4 is 33.4 Å². The van der Waals surface area contributed by atoms with Gasteiger partial charge in [-0.3, -0.25) is 14.3 Å². The monoisotopic (exact) mass is 540 g/mol. The molecule has 6 nitrogen and oxygen atoms in total. The van der Waals surface area contributed by atoms with Crippen molar-refractivity contribution in [3.05, 3.63) is 95.0 Å². The third-order valence-electron chi connectivity index (χ3n) is 5.55. The lowest BCUT2D eigenvalue weighted by Gasteiger charge is -2.22. The fourth-order valence-electron chi connectivity index (χ4n) is 3.99. The summed E-state index contributed by atoms with van der Waals surface area (Å²) >= 11 is 6.11. The molecule has 0 fully saturated rings. The molecule has 0 aliphatic carbocycles. The Morgan fingerprint density at radius 3 is 2.14 bits per heavy atom. The second kappa shape index (κ2) is 12.4. The van der Waals surface area contributed by atoms with Crippen molar-refractivity contribution < 1.29 is 18.0 Å². The average molecular weight is 541 g/mol. The highest BCUT2D eigenvalue weighted by atomic mass is 35.5. The first kappa shape index (κ1) is 28.4. The molecular weight excluding hydrogens is 508 g/mol. The van der Waals surface area contributed by atoms with Gasteiger partial charge in [0.2, 0.25) is 21.8 Å². The molecule has 0 radical (unpaired) electrons. The maximum absolute atomic E-state index is 12.7. The normalized spacial score (nSPS) is 12.5. The fourth-order valence-corrected chi connectivity index (χ4v) is 5.31. The Kier molecular flexibility index (Phi) is 9.51. The summed E-state index contributed by atoms with van der Waals surface area (Å²) in [6.07, 6.45) is 0.489. The molecule has 8 heteroatoms. The van der Waals surface area contributed by atoms with Crippen LogP contribution in [0.4, 0.5) is 0 Å². The Labute approximate surface area is 224 Å². The van der Waals surface area contributed by atoms with Crippen LogP contribution in [0.3, 0.4) is 0 Å². The van der Waals surface area contributed by atoms with Crippen LogP contribution in [0.15, 0.2) is 78.9 Å². The highest BCUT2D eigenvalue weighted by Crippen LogP contribution is 2.24. The lowest BCUT2D eigenvalue weighted by atomic mass is 9.91. The summed E-state index contributed by atoms with van der Waals surface area (Å²) in [5.74, 6) is -1.15. The predicted octanol–water partition coefficient (Wildman–Crippen LogP) is 5.51. The van der Waals surface area contributed by atoms with Crippen molar-refractivity contribution in [2.24, 2.45) is 5.41 Å². The van der Waals surface area contributed by atoms with E-state index in [0.717, 1.165) is 16.7 Å². The van der Waals surface area contributed by atoms with Gasteiger partial charge in [-0.25, -0.2) is 8.42 Å². The molecule has 196 valence electrons. The zero-order chi connectivity index (χ0) is 27.1. The summed E-state index contributed by atoms with van der Waals surface area (Å²) in [4.78, 5) is 25.4. The van der Waals surface area contributed by atoms with Crippen molar-refractivity contribution in [3.8, 4) is 11.1 Å². The first-order valence-electron chi connectivity index (χ1n) is 12.1. The maximum atomic E-state index is 12.7. The molecule has 3 aromatic carbocycles. The lowest BCUT2D eigenvalue weighted by Crippen LogP contribution is -2.42. The molecule has 0 aliphatic rings. The molecule has 1 atom stereocenters. The van der Waals surface area contributed by atoms with Gasteiger partial charge in [-0.1, -0.05) is 99.1 Å². The number of amides is 2. The number of carbonyl (C=O) groups excluding carboxylic acids is 2. The smallest absolute Gasteiger partial charge is 0.239 e. The second-order valence-corrected chi connectivity index (χ2v) is 12.5. The van der Waals surface area contributed by atoms with Crippen LogP contribution in [-0.2, 0) is 31.8 Å². The SMILES string of the molecule is CC(C)(C)CC(=O)N[C@@H](CC(=O)NS(=O)(=O)Cc1ccccc1)Cc1ccc(-c2cccc(Cl)c2)cc1. The van der Waals surface area contributed by atoms with Gasteiger partial charge in [0.25, 0.3) is 0 Å². The summed E-state index contributed by atoms with van der Waals surface area (Å²) in [6, 6.07) is 23.4. The number of carbonyl (C=O) groups is 2. The van der Waals surface area contributed by atoms with Gasteiger partial charge in [0, 0.05) is 23.9 Å². The van der Waals surface area contributed by atoms with Crippen molar-refractivity contribution in [2.45, 2.75) is 51.8 Å². The van der Waals surface area contributed by atoms with Crippen LogP contribution in [-0.4, -0.2) is 26.3 Å². The summed E-state index contributed by atoms with van der Waals surface area (Å²) in [5.41, 5.74) is 3.24. The van der Waals surface area contributed by atoms with E-state index >= 15 is 0 Å². The van der Waals surface area contributed by atoms with Gasteiger partial charge >= 0.3 is 0 Å².